The summed E-state index contributed by atoms with van der Waals surface area (Å²) in [6.45, 7) is 1.58. The SMILES string of the molecule is CNc1nccnc1[C@H]1CN(C(=O)c2ccc3c(c2)OCO3)CCO1. The van der Waals surface area contributed by atoms with E-state index in [9.17, 15) is 4.79 Å². The molecule has 8 nitrogen and oxygen atoms in total. The van der Waals surface area contributed by atoms with Gasteiger partial charge in [-0.2, -0.15) is 0 Å². The van der Waals surface area contributed by atoms with Gasteiger partial charge in [0.25, 0.3) is 5.91 Å². The lowest BCUT2D eigenvalue weighted by Gasteiger charge is -2.33. The molecule has 4 rings (SSSR count). The molecule has 8 heteroatoms. The number of amides is 1. The number of carbonyl (C=O) groups is 1. The van der Waals surface area contributed by atoms with Crippen molar-refractivity contribution in [1.29, 1.82) is 0 Å². The summed E-state index contributed by atoms with van der Waals surface area (Å²) in [7, 11) is 1.78. The van der Waals surface area contributed by atoms with E-state index in [2.05, 4.69) is 15.3 Å². The fraction of sp³-hybridized carbons (Fsp3) is 0.353. The number of aromatic nitrogens is 2. The van der Waals surface area contributed by atoms with E-state index < -0.39 is 0 Å². The summed E-state index contributed by atoms with van der Waals surface area (Å²) in [4.78, 5) is 23.2. The van der Waals surface area contributed by atoms with Crippen molar-refractivity contribution >= 4 is 11.7 Å². The van der Waals surface area contributed by atoms with Gasteiger partial charge in [0.05, 0.1) is 13.2 Å². The standard InChI is InChI=1S/C17H18N4O4/c1-18-16-15(19-4-5-20-16)14-9-21(6-7-23-14)17(22)11-2-3-12-13(8-11)25-10-24-12/h2-5,8,14H,6-7,9-10H2,1H3,(H,18,20)/t14-/m1/s1. The molecule has 1 aromatic heterocycles. The van der Waals surface area contributed by atoms with Crippen molar-refractivity contribution in [1.82, 2.24) is 14.9 Å². The Hall–Kier alpha value is -2.87. The van der Waals surface area contributed by atoms with Gasteiger partial charge < -0.3 is 24.4 Å². The predicted molar refractivity (Wildman–Crippen MR) is 88.7 cm³/mol. The van der Waals surface area contributed by atoms with Gasteiger partial charge in [-0.15, -0.1) is 0 Å². The fourth-order valence-electron chi connectivity index (χ4n) is 2.99. The molecule has 2 aliphatic heterocycles. The van der Waals surface area contributed by atoms with Crippen molar-refractivity contribution in [3.05, 3.63) is 41.9 Å². The van der Waals surface area contributed by atoms with Gasteiger partial charge in [0.15, 0.2) is 11.5 Å². The van der Waals surface area contributed by atoms with E-state index in [0.717, 1.165) is 0 Å². The zero-order chi connectivity index (χ0) is 17.2. The van der Waals surface area contributed by atoms with Crippen molar-refractivity contribution in [2.24, 2.45) is 0 Å². The zero-order valence-corrected chi connectivity index (χ0v) is 13.8. The van der Waals surface area contributed by atoms with Crippen LogP contribution in [0.15, 0.2) is 30.6 Å². The smallest absolute Gasteiger partial charge is 0.254 e. The molecule has 1 aromatic carbocycles. The molecule has 25 heavy (non-hydrogen) atoms. The maximum atomic E-state index is 12.9. The van der Waals surface area contributed by atoms with Crippen LogP contribution in [0.1, 0.15) is 22.2 Å². The number of anilines is 1. The third-order valence-corrected chi connectivity index (χ3v) is 4.24. The highest BCUT2D eigenvalue weighted by Gasteiger charge is 2.29. The molecule has 2 aliphatic rings. The van der Waals surface area contributed by atoms with Crippen LogP contribution >= 0.6 is 0 Å². The molecule has 0 saturated carbocycles. The summed E-state index contributed by atoms with van der Waals surface area (Å²) >= 11 is 0. The molecule has 0 radical (unpaired) electrons. The van der Waals surface area contributed by atoms with Gasteiger partial charge in [0.2, 0.25) is 6.79 Å². The normalized spacial score (nSPS) is 18.9. The van der Waals surface area contributed by atoms with Crippen molar-refractivity contribution in [2.75, 3.05) is 38.9 Å². The molecule has 0 spiro atoms. The Bertz CT molecular complexity index is 798. The Morgan fingerprint density at radius 3 is 2.96 bits per heavy atom. The third-order valence-electron chi connectivity index (χ3n) is 4.24. The van der Waals surface area contributed by atoms with Crippen LogP contribution in [0.4, 0.5) is 5.82 Å². The summed E-state index contributed by atoms with van der Waals surface area (Å²) in [5.41, 5.74) is 1.27. The number of hydrogen-bond donors (Lipinski definition) is 1. The average molecular weight is 342 g/mol. The first-order valence-electron chi connectivity index (χ1n) is 8.05. The first-order chi connectivity index (χ1) is 12.3. The van der Waals surface area contributed by atoms with E-state index >= 15 is 0 Å². The van der Waals surface area contributed by atoms with Gasteiger partial charge >= 0.3 is 0 Å². The van der Waals surface area contributed by atoms with Gasteiger partial charge in [-0.05, 0) is 18.2 Å². The monoisotopic (exact) mass is 342 g/mol. The number of benzene rings is 1. The number of ether oxygens (including phenoxy) is 3. The highest BCUT2D eigenvalue weighted by molar-refractivity contribution is 5.95. The van der Waals surface area contributed by atoms with Crippen LogP contribution in [0, 0.1) is 0 Å². The lowest BCUT2D eigenvalue weighted by molar-refractivity contribution is -0.0245. The Morgan fingerprint density at radius 1 is 1.24 bits per heavy atom. The minimum Gasteiger partial charge on any atom is -0.454 e. The molecule has 0 unspecified atom stereocenters. The third kappa shape index (κ3) is 2.96. The number of morpholine rings is 1. The second-order valence-corrected chi connectivity index (χ2v) is 5.72. The van der Waals surface area contributed by atoms with Crippen molar-refractivity contribution in [3.63, 3.8) is 0 Å². The molecule has 2 aromatic rings. The van der Waals surface area contributed by atoms with Crippen LogP contribution in [0.5, 0.6) is 11.5 Å². The van der Waals surface area contributed by atoms with E-state index in [-0.39, 0.29) is 18.8 Å². The van der Waals surface area contributed by atoms with Gasteiger partial charge in [0.1, 0.15) is 17.6 Å². The topological polar surface area (TPSA) is 85.8 Å². The molecule has 130 valence electrons. The Morgan fingerprint density at radius 2 is 2.08 bits per heavy atom. The molecule has 0 aliphatic carbocycles. The lowest BCUT2D eigenvalue weighted by atomic mass is 10.1. The highest BCUT2D eigenvalue weighted by atomic mass is 16.7. The van der Waals surface area contributed by atoms with E-state index in [1.165, 1.54) is 0 Å². The first kappa shape index (κ1) is 15.6. The van der Waals surface area contributed by atoms with E-state index in [4.69, 9.17) is 14.2 Å². The van der Waals surface area contributed by atoms with Crippen LogP contribution in [-0.2, 0) is 4.74 Å². The summed E-state index contributed by atoms with van der Waals surface area (Å²) in [5, 5.41) is 3.01. The second-order valence-electron chi connectivity index (χ2n) is 5.72. The number of nitrogens with one attached hydrogen (secondary N) is 1. The summed E-state index contributed by atoms with van der Waals surface area (Å²) in [6.07, 6.45) is 2.93. The Labute approximate surface area is 144 Å². The molecule has 1 N–H and O–H groups in total. The minimum atomic E-state index is -0.317. The maximum absolute atomic E-state index is 12.9. The van der Waals surface area contributed by atoms with Gasteiger partial charge in [-0.3, -0.25) is 9.78 Å². The maximum Gasteiger partial charge on any atom is 0.254 e. The molecule has 1 atom stereocenters. The van der Waals surface area contributed by atoms with Gasteiger partial charge in [-0.25, -0.2) is 4.98 Å². The summed E-state index contributed by atoms with van der Waals surface area (Å²) in [5.74, 6) is 1.85. The Balaban J connectivity index is 1.54. The lowest BCUT2D eigenvalue weighted by Crippen LogP contribution is -2.42. The summed E-state index contributed by atoms with van der Waals surface area (Å²) in [6, 6.07) is 5.23. The molecule has 3 heterocycles. The number of nitrogens with zero attached hydrogens (tertiary/aromatic N) is 3. The van der Waals surface area contributed by atoms with E-state index in [1.54, 1.807) is 42.5 Å². The highest BCUT2D eigenvalue weighted by Crippen LogP contribution is 2.33. The number of rotatable bonds is 3. The van der Waals surface area contributed by atoms with E-state index in [0.29, 0.717) is 48.3 Å². The Kier molecular flexibility index (Phi) is 4.10. The van der Waals surface area contributed by atoms with Gasteiger partial charge in [-0.1, -0.05) is 0 Å². The first-order valence-corrected chi connectivity index (χ1v) is 8.05. The van der Waals surface area contributed by atoms with Crippen LogP contribution in [0.3, 0.4) is 0 Å². The van der Waals surface area contributed by atoms with Crippen LogP contribution in [0.2, 0.25) is 0 Å². The average Bonchev–Trinajstić information content (AvgIpc) is 3.15. The fourth-order valence-corrected chi connectivity index (χ4v) is 2.99. The van der Waals surface area contributed by atoms with Crippen molar-refractivity contribution in [2.45, 2.75) is 6.10 Å². The molecule has 1 fully saturated rings. The number of hydrogen-bond acceptors (Lipinski definition) is 7. The quantitative estimate of drug-likeness (QED) is 0.904. The van der Waals surface area contributed by atoms with Crippen LogP contribution < -0.4 is 14.8 Å². The van der Waals surface area contributed by atoms with Crippen molar-refractivity contribution in [3.8, 4) is 11.5 Å². The molecular formula is C17H18N4O4. The largest absolute Gasteiger partial charge is 0.454 e. The summed E-state index contributed by atoms with van der Waals surface area (Å²) < 4.78 is 16.5. The predicted octanol–water partition coefficient (Wildman–Crippen LogP) is 1.46. The second kappa shape index (κ2) is 6.56. The van der Waals surface area contributed by atoms with Crippen LogP contribution in [-0.4, -0.2) is 54.3 Å². The van der Waals surface area contributed by atoms with Crippen molar-refractivity contribution < 1.29 is 19.0 Å². The number of fused-ring (bicyclic) bond motifs is 1. The minimum absolute atomic E-state index is 0.0681. The molecule has 1 saturated heterocycles. The van der Waals surface area contributed by atoms with E-state index in [1.807, 2.05) is 0 Å². The van der Waals surface area contributed by atoms with Gasteiger partial charge in [0, 0.05) is 31.5 Å². The molecule has 0 bridgehead atoms. The van der Waals surface area contributed by atoms with Crippen LogP contribution in [0.25, 0.3) is 0 Å². The molecule has 1 amide bonds. The number of carbonyl (C=O) groups excluding carboxylic acids is 1. The molecular weight excluding hydrogens is 324 g/mol. The zero-order valence-electron chi connectivity index (χ0n) is 13.8.